The summed E-state index contributed by atoms with van der Waals surface area (Å²) in [5, 5.41) is 6.07. The summed E-state index contributed by atoms with van der Waals surface area (Å²) < 4.78 is 28.9. The number of aryl methyl sites for hydroxylation is 1. The molecule has 0 spiro atoms. The number of aromatic nitrogens is 3. The number of anilines is 1. The average molecular weight is 496 g/mol. The fourth-order valence-corrected chi connectivity index (χ4v) is 4.37. The predicted octanol–water partition coefficient (Wildman–Crippen LogP) is 2.41. The fourth-order valence-electron chi connectivity index (χ4n) is 2.80. The molecule has 0 atom stereocenters. The van der Waals surface area contributed by atoms with E-state index in [9.17, 15) is 18.0 Å². The van der Waals surface area contributed by atoms with E-state index < -0.39 is 28.0 Å². The van der Waals surface area contributed by atoms with Crippen LogP contribution in [-0.4, -0.2) is 35.6 Å². The molecule has 0 saturated carbocycles. The molecule has 0 bridgehead atoms. The van der Waals surface area contributed by atoms with Crippen molar-refractivity contribution in [3.63, 3.8) is 0 Å². The molecule has 2 N–H and O–H groups in total. The number of nitrogens with one attached hydrogen (secondary N) is 2. The molecular weight excluding hydrogens is 477 g/mol. The van der Waals surface area contributed by atoms with Crippen LogP contribution in [0.1, 0.15) is 11.3 Å². The van der Waals surface area contributed by atoms with Gasteiger partial charge in [0.1, 0.15) is 11.6 Å². The Morgan fingerprint density at radius 3 is 2.69 bits per heavy atom. The lowest BCUT2D eigenvalue weighted by Crippen LogP contribution is -2.30. The van der Waals surface area contributed by atoms with Crippen LogP contribution >= 0.6 is 23.2 Å². The zero-order valence-corrected chi connectivity index (χ0v) is 19.2. The van der Waals surface area contributed by atoms with Crippen LogP contribution in [0.4, 0.5) is 5.69 Å². The number of hydrogen-bond donors (Lipinski definition) is 2. The van der Waals surface area contributed by atoms with Crippen molar-refractivity contribution in [2.75, 3.05) is 11.9 Å². The first-order valence-electron chi connectivity index (χ1n) is 9.38. The van der Waals surface area contributed by atoms with Gasteiger partial charge in [0.05, 0.1) is 16.1 Å². The topological polar surface area (TPSA) is 123 Å². The van der Waals surface area contributed by atoms with Gasteiger partial charge in [-0.15, -0.1) is 0 Å². The van der Waals surface area contributed by atoms with Crippen molar-refractivity contribution in [2.45, 2.75) is 24.8 Å². The van der Waals surface area contributed by atoms with Crippen molar-refractivity contribution in [1.82, 2.24) is 19.5 Å². The van der Waals surface area contributed by atoms with Gasteiger partial charge in [-0.25, -0.2) is 17.8 Å². The van der Waals surface area contributed by atoms with Gasteiger partial charge in [-0.05, 0) is 36.8 Å². The van der Waals surface area contributed by atoms with Gasteiger partial charge in [0, 0.05) is 30.5 Å². The normalized spacial score (nSPS) is 11.3. The third-order valence-electron chi connectivity index (χ3n) is 4.40. The molecule has 0 fully saturated rings. The van der Waals surface area contributed by atoms with Crippen LogP contribution in [0.25, 0.3) is 0 Å². The number of halogens is 2. The van der Waals surface area contributed by atoms with Crippen LogP contribution in [0.15, 0.2) is 58.5 Å². The summed E-state index contributed by atoms with van der Waals surface area (Å²) in [6, 6.07) is 9.91. The Morgan fingerprint density at radius 1 is 1.19 bits per heavy atom. The minimum Gasteiger partial charge on any atom is -0.324 e. The maximum atomic E-state index is 12.8. The molecule has 0 aliphatic heterocycles. The Hall–Kier alpha value is -2.79. The van der Waals surface area contributed by atoms with Gasteiger partial charge < -0.3 is 5.32 Å². The molecule has 2 heterocycles. The minimum atomic E-state index is -3.82. The summed E-state index contributed by atoms with van der Waals surface area (Å²) in [6.45, 7) is 1.40. The fraction of sp³-hybridized carbons (Fsp3) is 0.200. The van der Waals surface area contributed by atoms with Gasteiger partial charge in [-0.3, -0.25) is 14.6 Å². The molecule has 12 heteroatoms. The molecule has 1 amide bonds. The average Bonchev–Trinajstić information content (AvgIpc) is 2.76. The Balaban J connectivity index is 1.70. The Bertz CT molecular complexity index is 1300. The first kappa shape index (κ1) is 23.9. The van der Waals surface area contributed by atoms with Gasteiger partial charge >= 0.3 is 0 Å². The highest BCUT2D eigenvalue weighted by Gasteiger charge is 2.18. The van der Waals surface area contributed by atoms with Gasteiger partial charge in [0.25, 0.3) is 5.56 Å². The molecular formula is C20H19Cl2N5O4S. The zero-order chi connectivity index (χ0) is 23.3. The monoisotopic (exact) mass is 495 g/mol. The van der Waals surface area contributed by atoms with Gasteiger partial charge in [0.15, 0.2) is 0 Å². The molecule has 0 saturated heterocycles. The molecule has 2 aromatic heterocycles. The van der Waals surface area contributed by atoms with Crippen molar-refractivity contribution in [3.05, 3.63) is 80.4 Å². The summed E-state index contributed by atoms with van der Waals surface area (Å²) in [6.07, 6.45) is 3.23. The van der Waals surface area contributed by atoms with Crippen molar-refractivity contribution < 1.29 is 13.2 Å². The number of sulfonamides is 1. The number of pyridine rings is 1. The molecule has 0 aliphatic carbocycles. The second-order valence-corrected chi connectivity index (χ2v) is 9.29. The largest absolute Gasteiger partial charge is 0.324 e. The SMILES string of the molecule is Cc1ccc(NC(=O)Cn2ncc(Cl)c(Cl)c2=O)cc1S(=O)(=O)NCCc1ccccn1. The maximum Gasteiger partial charge on any atom is 0.287 e. The van der Waals surface area contributed by atoms with Gasteiger partial charge in [-0.2, -0.15) is 5.10 Å². The molecule has 0 unspecified atom stereocenters. The van der Waals surface area contributed by atoms with Gasteiger partial charge in [-0.1, -0.05) is 35.3 Å². The number of carbonyl (C=O) groups is 1. The van der Waals surface area contributed by atoms with E-state index in [1.807, 2.05) is 12.1 Å². The van der Waals surface area contributed by atoms with Crippen LogP contribution < -0.4 is 15.6 Å². The Morgan fingerprint density at radius 2 is 1.97 bits per heavy atom. The summed E-state index contributed by atoms with van der Waals surface area (Å²) >= 11 is 11.5. The van der Waals surface area contributed by atoms with Crippen LogP contribution in [0.5, 0.6) is 0 Å². The van der Waals surface area contributed by atoms with E-state index in [2.05, 4.69) is 20.1 Å². The standard InChI is InChI=1S/C20H19Cl2N5O4S/c1-13-5-6-15(26-18(28)12-27-20(29)19(22)16(21)11-24-27)10-17(13)32(30,31)25-9-7-14-4-2-3-8-23-14/h2-6,8,10-11,25H,7,9,12H2,1H3,(H,26,28). The van der Waals surface area contributed by atoms with E-state index in [-0.39, 0.29) is 27.2 Å². The third-order valence-corrected chi connectivity index (χ3v) is 6.75. The number of nitrogens with zero attached hydrogens (tertiary/aromatic N) is 3. The number of carbonyl (C=O) groups excluding carboxylic acids is 1. The smallest absolute Gasteiger partial charge is 0.287 e. The van der Waals surface area contributed by atoms with Crippen molar-refractivity contribution in [2.24, 2.45) is 0 Å². The molecule has 1 aromatic carbocycles. The van der Waals surface area contributed by atoms with E-state index >= 15 is 0 Å². The van der Waals surface area contributed by atoms with Crippen LogP contribution in [-0.2, 0) is 27.8 Å². The number of rotatable bonds is 8. The molecule has 168 valence electrons. The highest BCUT2D eigenvalue weighted by Crippen LogP contribution is 2.20. The summed E-state index contributed by atoms with van der Waals surface area (Å²) in [7, 11) is -3.82. The number of benzene rings is 1. The molecule has 3 rings (SSSR count). The van der Waals surface area contributed by atoms with E-state index in [4.69, 9.17) is 23.2 Å². The molecule has 0 aliphatic rings. The van der Waals surface area contributed by atoms with Crippen LogP contribution in [0.2, 0.25) is 10.0 Å². The number of amides is 1. The summed E-state index contributed by atoms with van der Waals surface area (Å²) in [5.74, 6) is -0.590. The molecule has 9 nitrogen and oxygen atoms in total. The number of hydrogen-bond acceptors (Lipinski definition) is 6. The maximum absolute atomic E-state index is 12.8. The molecule has 0 radical (unpaired) electrons. The molecule has 32 heavy (non-hydrogen) atoms. The predicted molar refractivity (Wildman–Crippen MR) is 121 cm³/mol. The van der Waals surface area contributed by atoms with Crippen LogP contribution in [0.3, 0.4) is 0 Å². The van der Waals surface area contributed by atoms with Crippen molar-refractivity contribution in [1.29, 1.82) is 0 Å². The minimum absolute atomic E-state index is 0.0164. The first-order valence-corrected chi connectivity index (χ1v) is 11.6. The summed E-state index contributed by atoms with van der Waals surface area (Å²) in [5.41, 5.74) is 0.812. The quantitative estimate of drug-likeness (QED) is 0.494. The lowest BCUT2D eigenvalue weighted by atomic mass is 10.2. The highest BCUT2D eigenvalue weighted by molar-refractivity contribution is 7.89. The van der Waals surface area contributed by atoms with Gasteiger partial charge in [0.2, 0.25) is 15.9 Å². The summed E-state index contributed by atoms with van der Waals surface area (Å²) in [4.78, 5) is 28.6. The molecule has 3 aromatic rings. The third kappa shape index (κ3) is 5.92. The first-order chi connectivity index (χ1) is 15.2. The lowest BCUT2D eigenvalue weighted by Gasteiger charge is -2.12. The second kappa shape index (κ2) is 10.2. The van der Waals surface area contributed by atoms with Crippen LogP contribution in [0, 0.1) is 6.92 Å². The van der Waals surface area contributed by atoms with E-state index in [1.165, 1.54) is 6.07 Å². The van der Waals surface area contributed by atoms with E-state index in [0.29, 0.717) is 12.0 Å². The van der Waals surface area contributed by atoms with E-state index in [0.717, 1.165) is 16.6 Å². The van der Waals surface area contributed by atoms with Crippen molar-refractivity contribution >= 4 is 44.8 Å². The highest BCUT2D eigenvalue weighted by atomic mass is 35.5. The Kier molecular flexibility index (Phi) is 7.62. The van der Waals surface area contributed by atoms with Crippen molar-refractivity contribution in [3.8, 4) is 0 Å². The second-order valence-electron chi connectivity index (χ2n) is 6.77. The Labute approximate surface area is 194 Å². The van der Waals surface area contributed by atoms with E-state index in [1.54, 1.807) is 31.3 Å². The lowest BCUT2D eigenvalue weighted by molar-refractivity contribution is -0.117. The zero-order valence-electron chi connectivity index (χ0n) is 16.9.